The number of ether oxygens (including phenoxy) is 1. The van der Waals surface area contributed by atoms with Crippen LogP contribution in [-0.2, 0) is 29.0 Å². The van der Waals surface area contributed by atoms with Crippen LogP contribution in [0.1, 0.15) is 36.0 Å². The molecule has 1 saturated heterocycles. The lowest BCUT2D eigenvalue weighted by Crippen LogP contribution is -2.42. The number of likely N-dealkylation sites (N-methyl/N-ethyl adjacent to an activating group) is 1. The van der Waals surface area contributed by atoms with Crippen LogP contribution < -0.4 is 10.6 Å². The fourth-order valence-electron chi connectivity index (χ4n) is 5.65. The van der Waals surface area contributed by atoms with Crippen LogP contribution in [0.2, 0.25) is 0 Å². The minimum absolute atomic E-state index is 0.124. The summed E-state index contributed by atoms with van der Waals surface area (Å²) in [6.07, 6.45) is 2.19. The summed E-state index contributed by atoms with van der Waals surface area (Å²) >= 11 is 0. The van der Waals surface area contributed by atoms with Crippen molar-refractivity contribution >= 4 is 17.7 Å². The molecule has 4 aromatic carbocycles. The number of rotatable bonds is 13. The van der Waals surface area contributed by atoms with Gasteiger partial charge in [0.1, 0.15) is 11.9 Å². The first-order valence-electron chi connectivity index (χ1n) is 16.1. The first-order chi connectivity index (χ1) is 22.4. The molecule has 46 heavy (non-hydrogen) atoms. The molecule has 1 heterocycles. The molecule has 4 aromatic rings. The van der Waals surface area contributed by atoms with Crippen molar-refractivity contribution in [3.63, 3.8) is 0 Å². The van der Waals surface area contributed by atoms with Gasteiger partial charge in [-0.3, -0.25) is 10.1 Å². The normalized spacial score (nSPS) is 13.7. The predicted molar refractivity (Wildman–Crippen MR) is 182 cm³/mol. The quantitative estimate of drug-likeness (QED) is 0.159. The van der Waals surface area contributed by atoms with Crippen LogP contribution in [0.5, 0.6) is 5.75 Å². The molecule has 1 fully saturated rings. The Bertz CT molecular complexity index is 1540. The molecule has 0 atom stereocenters. The van der Waals surface area contributed by atoms with Crippen molar-refractivity contribution in [1.29, 1.82) is 0 Å². The molecular formula is C38H44N4O4. The number of aryl methyl sites for hydroxylation is 1. The van der Waals surface area contributed by atoms with Gasteiger partial charge in [0.2, 0.25) is 5.91 Å². The number of phenols is 1. The topological polar surface area (TPSA) is 94.1 Å². The number of piperidine rings is 1. The number of likely N-dealkylation sites (tertiary alicyclic amines) is 1. The molecule has 0 radical (unpaired) electrons. The van der Waals surface area contributed by atoms with E-state index >= 15 is 0 Å². The molecule has 0 spiro atoms. The van der Waals surface area contributed by atoms with E-state index in [-0.39, 0.29) is 17.8 Å². The molecule has 8 nitrogen and oxygen atoms in total. The van der Waals surface area contributed by atoms with Crippen molar-refractivity contribution in [3.8, 4) is 16.9 Å². The second kappa shape index (κ2) is 16.6. The average molecular weight is 621 g/mol. The van der Waals surface area contributed by atoms with Gasteiger partial charge >= 0.3 is 6.09 Å². The van der Waals surface area contributed by atoms with Crippen molar-refractivity contribution in [1.82, 2.24) is 15.1 Å². The molecule has 3 N–H and O–H groups in total. The van der Waals surface area contributed by atoms with E-state index in [2.05, 4.69) is 39.8 Å². The van der Waals surface area contributed by atoms with Crippen molar-refractivity contribution in [3.05, 3.63) is 120 Å². The first kappa shape index (κ1) is 32.7. The van der Waals surface area contributed by atoms with E-state index in [1.165, 1.54) is 5.56 Å². The molecule has 0 aromatic heterocycles. The summed E-state index contributed by atoms with van der Waals surface area (Å²) in [5.74, 6) is 0.418. The highest BCUT2D eigenvalue weighted by atomic mass is 16.6. The lowest BCUT2D eigenvalue weighted by Gasteiger charge is -2.32. The number of anilines is 1. The van der Waals surface area contributed by atoms with Crippen LogP contribution >= 0.6 is 0 Å². The fourth-order valence-corrected chi connectivity index (χ4v) is 5.65. The Hall–Kier alpha value is -4.66. The zero-order valence-electron chi connectivity index (χ0n) is 26.5. The molecule has 8 heteroatoms. The van der Waals surface area contributed by atoms with Gasteiger partial charge in [-0.25, -0.2) is 4.79 Å². The molecule has 0 saturated carbocycles. The number of para-hydroxylation sites is 1. The summed E-state index contributed by atoms with van der Waals surface area (Å²) in [5, 5.41) is 15.8. The molecule has 0 bridgehead atoms. The van der Waals surface area contributed by atoms with Gasteiger partial charge in [0, 0.05) is 58.3 Å². The predicted octanol–water partition coefficient (Wildman–Crippen LogP) is 6.45. The highest BCUT2D eigenvalue weighted by Gasteiger charge is 2.23. The van der Waals surface area contributed by atoms with E-state index in [1.54, 1.807) is 12.1 Å². The van der Waals surface area contributed by atoms with Gasteiger partial charge in [0.25, 0.3) is 0 Å². The van der Waals surface area contributed by atoms with Gasteiger partial charge < -0.3 is 25.0 Å². The number of phenolic OH excluding ortho intramolecular Hbond substituents is 1. The largest absolute Gasteiger partial charge is 0.508 e. The second-order valence-electron chi connectivity index (χ2n) is 11.9. The summed E-state index contributed by atoms with van der Waals surface area (Å²) in [5.41, 5.74) is 6.19. The molecule has 5 rings (SSSR count). The molecule has 240 valence electrons. The Labute approximate surface area is 272 Å². The lowest BCUT2D eigenvalue weighted by molar-refractivity contribution is -0.130. The third-order valence-corrected chi connectivity index (χ3v) is 8.48. The summed E-state index contributed by atoms with van der Waals surface area (Å²) in [4.78, 5) is 29.7. The van der Waals surface area contributed by atoms with Gasteiger partial charge in [-0.15, -0.1) is 0 Å². The number of aromatic hydroxyl groups is 1. The van der Waals surface area contributed by atoms with E-state index in [4.69, 9.17) is 4.74 Å². The third kappa shape index (κ3) is 9.92. The van der Waals surface area contributed by atoms with Gasteiger partial charge in [0.15, 0.2) is 0 Å². The van der Waals surface area contributed by atoms with Gasteiger partial charge in [0.05, 0.1) is 5.69 Å². The zero-order chi connectivity index (χ0) is 32.1. The Morgan fingerprint density at radius 3 is 2.13 bits per heavy atom. The number of amides is 2. The van der Waals surface area contributed by atoms with Gasteiger partial charge in [-0.05, 0) is 59.7 Å². The molecule has 0 aliphatic carbocycles. The summed E-state index contributed by atoms with van der Waals surface area (Å²) in [6, 6.07) is 33.3. The van der Waals surface area contributed by atoms with Crippen LogP contribution in [-0.4, -0.2) is 66.2 Å². The van der Waals surface area contributed by atoms with Crippen LogP contribution in [0, 0.1) is 0 Å². The number of benzene rings is 4. The van der Waals surface area contributed by atoms with Crippen LogP contribution in [0.25, 0.3) is 11.1 Å². The highest BCUT2D eigenvalue weighted by molar-refractivity contribution is 5.91. The Balaban J connectivity index is 0.960. The monoisotopic (exact) mass is 620 g/mol. The van der Waals surface area contributed by atoms with Crippen molar-refractivity contribution in [2.24, 2.45) is 0 Å². The standard InChI is InChI=1S/C38H44N4O4/c1-41(37(44)20-17-29-11-13-30(14-12-29)27-39-28-31-15-18-33(43)19-16-31)25-26-42-23-21-34(22-24-42)46-38(45)40-36-10-6-5-9-35(36)32-7-3-2-4-8-32/h2-16,18-19,34,39,43H,17,20-28H2,1H3,(H,40,45). The number of carbonyl (C=O) groups is 2. The Morgan fingerprint density at radius 2 is 1.43 bits per heavy atom. The molecule has 0 unspecified atom stereocenters. The van der Waals surface area contributed by atoms with Gasteiger partial charge in [-0.1, -0.05) is 84.9 Å². The highest BCUT2D eigenvalue weighted by Crippen LogP contribution is 2.28. The maximum absolute atomic E-state index is 12.8. The van der Waals surface area contributed by atoms with E-state index in [1.807, 2.05) is 78.7 Å². The Morgan fingerprint density at radius 1 is 0.826 bits per heavy atom. The number of hydrogen-bond acceptors (Lipinski definition) is 6. The molecule has 1 aliphatic rings. The van der Waals surface area contributed by atoms with E-state index in [9.17, 15) is 14.7 Å². The minimum atomic E-state index is -0.427. The Kier molecular flexibility index (Phi) is 11.8. The van der Waals surface area contributed by atoms with Crippen molar-refractivity contribution in [2.75, 3.05) is 38.5 Å². The van der Waals surface area contributed by atoms with Crippen LogP contribution in [0.4, 0.5) is 10.5 Å². The molecular weight excluding hydrogens is 576 g/mol. The summed E-state index contributed by atoms with van der Waals surface area (Å²) in [7, 11) is 1.87. The lowest BCUT2D eigenvalue weighted by atomic mass is 10.0. The number of nitrogens with one attached hydrogen (secondary N) is 2. The van der Waals surface area contributed by atoms with Crippen molar-refractivity contribution < 1.29 is 19.4 Å². The van der Waals surface area contributed by atoms with E-state index in [0.717, 1.165) is 73.5 Å². The number of nitrogens with zero attached hydrogens (tertiary/aromatic N) is 2. The van der Waals surface area contributed by atoms with Gasteiger partial charge in [-0.2, -0.15) is 0 Å². The zero-order valence-corrected chi connectivity index (χ0v) is 26.5. The fraction of sp³-hybridized carbons (Fsp3) is 0.316. The maximum atomic E-state index is 12.8. The number of carbonyl (C=O) groups excluding carboxylic acids is 2. The second-order valence-corrected chi connectivity index (χ2v) is 11.9. The van der Waals surface area contributed by atoms with Crippen LogP contribution in [0.3, 0.4) is 0 Å². The van der Waals surface area contributed by atoms with E-state index in [0.29, 0.717) is 19.4 Å². The number of hydrogen-bond donors (Lipinski definition) is 3. The average Bonchev–Trinajstić information content (AvgIpc) is 3.09. The summed E-state index contributed by atoms with van der Waals surface area (Å²) < 4.78 is 5.77. The molecule has 1 aliphatic heterocycles. The van der Waals surface area contributed by atoms with Crippen molar-refractivity contribution in [2.45, 2.75) is 44.9 Å². The molecule has 2 amide bonds. The summed E-state index contributed by atoms with van der Waals surface area (Å²) in [6.45, 7) is 4.62. The van der Waals surface area contributed by atoms with E-state index < -0.39 is 6.09 Å². The smallest absolute Gasteiger partial charge is 0.411 e. The van der Waals surface area contributed by atoms with Crippen LogP contribution in [0.15, 0.2) is 103 Å². The third-order valence-electron chi connectivity index (χ3n) is 8.48. The maximum Gasteiger partial charge on any atom is 0.411 e. The minimum Gasteiger partial charge on any atom is -0.508 e. The first-order valence-corrected chi connectivity index (χ1v) is 16.1. The SMILES string of the molecule is CN(CCN1CCC(OC(=O)Nc2ccccc2-c2ccccc2)CC1)C(=O)CCc1ccc(CNCc2ccc(O)cc2)cc1.